The fraction of sp³-hybridized carbons (Fsp3) is 0.611. The number of hydrogen-bond donors (Lipinski definition) is 3. The Kier molecular flexibility index (Phi) is 4.76. The van der Waals surface area contributed by atoms with Crippen LogP contribution in [0.15, 0.2) is 12.7 Å². The van der Waals surface area contributed by atoms with Crippen molar-refractivity contribution in [1.29, 1.82) is 0 Å². The van der Waals surface area contributed by atoms with Gasteiger partial charge in [0.2, 0.25) is 0 Å². The fourth-order valence-corrected chi connectivity index (χ4v) is 3.79. The lowest BCUT2D eigenvalue weighted by molar-refractivity contribution is -0.0230. The summed E-state index contributed by atoms with van der Waals surface area (Å²) in [5.74, 6) is 3.03. The monoisotopic (exact) mass is 357 g/mol. The predicted octanol–water partition coefficient (Wildman–Crippen LogP) is 1.21. The number of terminal acetylenes is 1. The maximum absolute atomic E-state index is 10.3. The molecule has 2 aromatic rings. The first kappa shape index (κ1) is 17.2. The van der Waals surface area contributed by atoms with E-state index in [4.69, 9.17) is 11.2 Å². The normalized spacial score (nSPS) is 30.2. The summed E-state index contributed by atoms with van der Waals surface area (Å²) >= 11 is 0. The molecule has 0 radical (unpaired) electrons. The molecule has 0 aromatic carbocycles. The first-order chi connectivity index (χ1) is 12.7. The Morgan fingerprint density at radius 3 is 2.58 bits per heavy atom. The van der Waals surface area contributed by atoms with Crippen molar-refractivity contribution in [2.24, 2.45) is 0 Å². The van der Waals surface area contributed by atoms with Crippen molar-refractivity contribution in [3.63, 3.8) is 0 Å². The molecule has 8 heteroatoms. The number of aromatic nitrogens is 4. The van der Waals surface area contributed by atoms with Crippen molar-refractivity contribution in [2.75, 3.05) is 5.32 Å². The quantitative estimate of drug-likeness (QED) is 0.560. The molecule has 1 aliphatic carbocycles. The molecule has 0 spiro atoms. The van der Waals surface area contributed by atoms with Gasteiger partial charge in [0, 0.05) is 6.04 Å². The van der Waals surface area contributed by atoms with E-state index in [1.54, 1.807) is 4.57 Å². The largest absolute Gasteiger partial charge is 0.386 e. The Hall–Kier alpha value is -2.21. The van der Waals surface area contributed by atoms with Gasteiger partial charge in [-0.2, -0.15) is 0 Å². The van der Waals surface area contributed by atoms with Crippen molar-refractivity contribution in [2.45, 2.75) is 69.1 Å². The van der Waals surface area contributed by atoms with E-state index in [2.05, 4.69) is 26.2 Å². The summed E-state index contributed by atoms with van der Waals surface area (Å²) in [7, 11) is 0. The molecule has 0 amide bonds. The maximum atomic E-state index is 10.3. The molecule has 3 N–H and O–H groups in total. The van der Waals surface area contributed by atoms with E-state index in [0.717, 1.165) is 12.8 Å². The molecule has 3 heterocycles. The molecule has 26 heavy (non-hydrogen) atoms. The van der Waals surface area contributed by atoms with Gasteiger partial charge in [-0.25, -0.2) is 15.0 Å². The highest BCUT2D eigenvalue weighted by atomic mass is 16.6. The summed E-state index contributed by atoms with van der Waals surface area (Å²) in [6, 6.07) is 0.377. The number of imidazole rings is 1. The Bertz CT molecular complexity index is 809. The highest BCUT2D eigenvalue weighted by Crippen LogP contribution is 2.32. The van der Waals surface area contributed by atoms with E-state index >= 15 is 0 Å². The van der Waals surface area contributed by atoms with Crippen LogP contribution in [0.3, 0.4) is 0 Å². The third kappa shape index (κ3) is 3.03. The number of rotatable bonds is 3. The molecule has 1 aliphatic heterocycles. The molecule has 2 aliphatic rings. The van der Waals surface area contributed by atoms with Crippen LogP contribution in [0.25, 0.3) is 11.2 Å². The smallest absolute Gasteiger partial charge is 0.167 e. The predicted molar refractivity (Wildman–Crippen MR) is 95.2 cm³/mol. The Morgan fingerprint density at radius 1 is 1.12 bits per heavy atom. The SMILES string of the molecule is C#C[C@H]1O[C@@H](n2cnc3c(NC4CCCCCC4)ncnc32)[C@H](O)[C@@H]1O. The van der Waals surface area contributed by atoms with Gasteiger partial charge in [-0.1, -0.05) is 31.6 Å². The van der Waals surface area contributed by atoms with Crippen molar-refractivity contribution >= 4 is 17.0 Å². The molecular weight excluding hydrogens is 334 g/mol. The molecule has 2 fully saturated rings. The number of anilines is 1. The van der Waals surface area contributed by atoms with E-state index in [1.165, 1.54) is 38.3 Å². The second-order valence-electron chi connectivity index (χ2n) is 6.97. The third-order valence-electron chi connectivity index (χ3n) is 5.23. The fourth-order valence-electron chi connectivity index (χ4n) is 3.79. The van der Waals surface area contributed by atoms with E-state index < -0.39 is 24.5 Å². The highest BCUT2D eigenvalue weighted by Gasteiger charge is 2.43. The molecule has 1 saturated carbocycles. The third-order valence-corrected chi connectivity index (χ3v) is 5.23. The number of fused-ring (bicyclic) bond motifs is 1. The number of ether oxygens (including phenoxy) is 1. The zero-order valence-electron chi connectivity index (χ0n) is 14.5. The molecule has 138 valence electrons. The zero-order chi connectivity index (χ0) is 18.1. The number of nitrogens with one attached hydrogen (secondary N) is 1. The van der Waals surface area contributed by atoms with Gasteiger partial charge in [0.15, 0.2) is 23.2 Å². The lowest BCUT2D eigenvalue weighted by Crippen LogP contribution is -2.30. The number of nitrogens with zero attached hydrogens (tertiary/aromatic N) is 4. The van der Waals surface area contributed by atoms with Gasteiger partial charge in [0.05, 0.1) is 6.33 Å². The first-order valence-electron chi connectivity index (χ1n) is 9.11. The maximum Gasteiger partial charge on any atom is 0.167 e. The van der Waals surface area contributed by atoms with Gasteiger partial charge < -0.3 is 20.3 Å². The Labute approximate surface area is 151 Å². The second kappa shape index (κ2) is 7.19. The summed E-state index contributed by atoms with van der Waals surface area (Å²) in [5, 5.41) is 23.8. The zero-order valence-corrected chi connectivity index (χ0v) is 14.5. The van der Waals surface area contributed by atoms with Gasteiger partial charge >= 0.3 is 0 Å². The number of aliphatic hydroxyl groups excluding tert-OH is 2. The summed E-state index contributed by atoms with van der Waals surface area (Å²) in [4.78, 5) is 13.1. The molecule has 0 unspecified atom stereocenters. The minimum atomic E-state index is -1.15. The van der Waals surface area contributed by atoms with E-state index in [0.29, 0.717) is 23.0 Å². The van der Waals surface area contributed by atoms with Gasteiger partial charge in [-0.05, 0) is 12.8 Å². The number of hydrogen-bond acceptors (Lipinski definition) is 7. The van der Waals surface area contributed by atoms with Crippen molar-refractivity contribution in [3.05, 3.63) is 12.7 Å². The van der Waals surface area contributed by atoms with Crippen molar-refractivity contribution in [1.82, 2.24) is 19.5 Å². The highest BCUT2D eigenvalue weighted by molar-refractivity contribution is 5.82. The van der Waals surface area contributed by atoms with Crippen LogP contribution in [0, 0.1) is 12.3 Å². The summed E-state index contributed by atoms with van der Waals surface area (Å²) in [6.07, 6.45) is 11.6. The minimum absolute atomic E-state index is 0.377. The molecule has 1 saturated heterocycles. The Balaban J connectivity index is 1.62. The lowest BCUT2D eigenvalue weighted by atomic mass is 10.1. The van der Waals surface area contributed by atoms with Crippen LogP contribution in [-0.2, 0) is 4.74 Å². The minimum Gasteiger partial charge on any atom is -0.386 e. The van der Waals surface area contributed by atoms with E-state index in [1.807, 2.05) is 0 Å². The van der Waals surface area contributed by atoms with Crippen LogP contribution < -0.4 is 5.32 Å². The van der Waals surface area contributed by atoms with Crippen LogP contribution in [0.4, 0.5) is 5.82 Å². The molecule has 0 bridgehead atoms. The van der Waals surface area contributed by atoms with Gasteiger partial charge in [0.25, 0.3) is 0 Å². The Morgan fingerprint density at radius 2 is 1.88 bits per heavy atom. The average Bonchev–Trinajstić information content (AvgIpc) is 3.08. The van der Waals surface area contributed by atoms with Crippen molar-refractivity contribution < 1.29 is 14.9 Å². The van der Waals surface area contributed by atoms with Crippen LogP contribution >= 0.6 is 0 Å². The first-order valence-corrected chi connectivity index (χ1v) is 9.11. The molecule has 8 nitrogen and oxygen atoms in total. The van der Waals surface area contributed by atoms with Gasteiger partial charge in [-0.15, -0.1) is 6.42 Å². The van der Waals surface area contributed by atoms with Crippen LogP contribution in [0.1, 0.15) is 44.8 Å². The van der Waals surface area contributed by atoms with Gasteiger partial charge in [0.1, 0.15) is 24.6 Å². The molecule has 2 aromatic heterocycles. The van der Waals surface area contributed by atoms with E-state index in [-0.39, 0.29) is 0 Å². The van der Waals surface area contributed by atoms with Gasteiger partial charge in [-0.3, -0.25) is 4.57 Å². The number of aliphatic hydroxyl groups is 2. The van der Waals surface area contributed by atoms with Crippen LogP contribution in [-0.4, -0.2) is 54.1 Å². The average molecular weight is 357 g/mol. The van der Waals surface area contributed by atoms with Crippen molar-refractivity contribution in [3.8, 4) is 12.3 Å². The molecular formula is C18H23N5O3. The summed E-state index contributed by atoms with van der Waals surface area (Å²) < 4.78 is 7.20. The summed E-state index contributed by atoms with van der Waals surface area (Å²) in [6.45, 7) is 0. The van der Waals surface area contributed by atoms with Crippen LogP contribution in [0.5, 0.6) is 0 Å². The molecule has 4 rings (SSSR count). The lowest BCUT2D eigenvalue weighted by Gasteiger charge is -2.18. The van der Waals surface area contributed by atoms with Crippen LogP contribution in [0.2, 0.25) is 0 Å². The summed E-state index contributed by atoms with van der Waals surface area (Å²) in [5.41, 5.74) is 1.15. The van der Waals surface area contributed by atoms with E-state index in [9.17, 15) is 10.2 Å². The topological polar surface area (TPSA) is 105 Å². The standard InChI is InChI=1S/C18H23N5O3/c1-2-12-14(24)15(25)18(26-12)23-10-21-13-16(19-9-20-17(13)23)22-11-7-5-3-4-6-8-11/h1,9-12,14-15,18,24-25H,3-8H2,(H,19,20,22)/t12-,14-,15-,18-/m1/s1. The molecule has 4 atom stereocenters. The second-order valence-corrected chi connectivity index (χ2v) is 6.97.